The fourth-order valence-electron chi connectivity index (χ4n) is 3.57. The van der Waals surface area contributed by atoms with Gasteiger partial charge in [0.1, 0.15) is 11.4 Å². The lowest BCUT2D eigenvalue weighted by molar-refractivity contribution is -0.165. The molecule has 0 aromatic carbocycles. The van der Waals surface area contributed by atoms with E-state index in [-0.39, 0.29) is 34.3 Å². The number of rotatable bonds is 2. The van der Waals surface area contributed by atoms with E-state index in [1.54, 1.807) is 0 Å². The van der Waals surface area contributed by atoms with Gasteiger partial charge in [0, 0.05) is 18.4 Å². The summed E-state index contributed by atoms with van der Waals surface area (Å²) < 4.78 is 45.3. The zero-order valence-electron chi connectivity index (χ0n) is 13.4. The number of nitrogens with one attached hydrogen (secondary N) is 1. The molecule has 2 aromatic heterocycles. The van der Waals surface area contributed by atoms with Crippen molar-refractivity contribution in [2.24, 2.45) is 0 Å². The Morgan fingerprint density at radius 2 is 1.88 bits per heavy atom. The highest BCUT2D eigenvalue weighted by Crippen LogP contribution is 2.41. The number of pyridine rings is 1. The molecule has 25 heavy (non-hydrogen) atoms. The van der Waals surface area contributed by atoms with Crippen LogP contribution in [-0.2, 0) is 10.9 Å². The van der Waals surface area contributed by atoms with Crippen LogP contribution in [0, 0.1) is 0 Å². The average molecular weight is 353 g/mol. The Kier molecular flexibility index (Phi) is 3.71. The molecule has 1 saturated carbocycles. The van der Waals surface area contributed by atoms with Crippen molar-refractivity contribution in [3.05, 3.63) is 18.0 Å². The number of alkyl halides is 3. The molecule has 1 aliphatic carbocycles. The molecule has 3 N–H and O–H groups in total. The SMILES string of the molecule is Nc1ncc(C(F)(F)F)c2nc(N[C@H]3CC[C@@]4(CCO4)CC3)ncc12. The van der Waals surface area contributed by atoms with Crippen molar-refractivity contribution in [1.29, 1.82) is 0 Å². The minimum Gasteiger partial charge on any atom is -0.383 e. The smallest absolute Gasteiger partial charge is 0.383 e. The molecule has 0 amide bonds. The Labute approximate surface area is 142 Å². The number of hydrogen-bond donors (Lipinski definition) is 2. The molecule has 1 spiro atoms. The number of fused-ring (bicyclic) bond motifs is 1. The van der Waals surface area contributed by atoms with Crippen LogP contribution in [0.25, 0.3) is 10.9 Å². The highest BCUT2D eigenvalue weighted by molar-refractivity contribution is 5.90. The number of halogens is 3. The van der Waals surface area contributed by atoms with Gasteiger partial charge in [-0.1, -0.05) is 0 Å². The maximum absolute atomic E-state index is 13.2. The first-order valence-corrected chi connectivity index (χ1v) is 8.25. The lowest BCUT2D eigenvalue weighted by Gasteiger charge is -2.46. The first-order chi connectivity index (χ1) is 11.9. The van der Waals surface area contributed by atoms with E-state index in [1.165, 1.54) is 6.20 Å². The van der Waals surface area contributed by atoms with Gasteiger partial charge in [-0.15, -0.1) is 0 Å². The minimum atomic E-state index is -4.55. The molecule has 0 bridgehead atoms. The maximum atomic E-state index is 13.2. The summed E-state index contributed by atoms with van der Waals surface area (Å²) >= 11 is 0. The molecule has 2 fully saturated rings. The van der Waals surface area contributed by atoms with Crippen molar-refractivity contribution in [3.8, 4) is 0 Å². The predicted molar refractivity (Wildman–Crippen MR) is 85.9 cm³/mol. The number of anilines is 2. The summed E-state index contributed by atoms with van der Waals surface area (Å²) in [5.74, 6) is 0.162. The maximum Gasteiger partial charge on any atom is 0.419 e. The summed E-state index contributed by atoms with van der Waals surface area (Å²) in [7, 11) is 0. The minimum absolute atomic E-state index is 0.0173. The molecule has 4 rings (SSSR count). The molecule has 134 valence electrons. The summed E-state index contributed by atoms with van der Waals surface area (Å²) in [5, 5.41) is 3.25. The molecular weight excluding hydrogens is 335 g/mol. The van der Waals surface area contributed by atoms with Crippen molar-refractivity contribution in [3.63, 3.8) is 0 Å². The van der Waals surface area contributed by atoms with Crippen LogP contribution in [0.5, 0.6) is 0 Å². The topological polar surface area (TPSA) is 86.0 Å². The van der Waals surface area contributed by atoms with Gasteiger partial charge in [0.15, 0.2) is 0 Å². The van der Waals surface area contributed by atoms with Crippen LogP contribution >= 0.6 is 0 Å². The molecule has 3 heterocycles. The predicted octanol–water partition coefficient (Wildman–Crippen LogP) is 3.14. The summed E-state index contributed by atoms with van der Waals surface area (Å²) in [6.45, 7) is 0.821. The highest BCUT2D eigenvalue weighted by atomic mass is 19.4. The van der Waals surface area contributed by atoms with E-state index in [1.807, 2.05) is 0 Å². The molecule has 0 unspecified atom stereocenters. The van der Waals surface area contributed by atoms with Gasteiger partial charge in [-0.2, -0.15) is 13.2 Å². The number of ether oxygens (including phenoxy) is 1. The third-order valence-corrected chi connectivity index (χ3v) is 5.15. The number of nitrogen functional groups attached to an aromatic ring is 1. The van der Waals surface area contributed by atoms with Crippen molar-refractivity contribution < 1.29 is 17.9 Å². The van der Waals surface area contributed by atoms with E-state index in [4.69, 9.17) is 10.5 Å². The van der Waals surface area contributed by atoms with Gasteiger partial charge in [0.2, 0.25) is 5.95 Å². The quantitative estimate of drug-likeness (QED) is 0.863. The van der Waals surface area contributed by atoms with Gasteiger partial charge >= 0.3 is 6.18 Å². The van der Waals surface area contributed by atoms with E-state index in [0.29, 0.717) is 6.20 Å². The number of aromatic nitrogens is 3. The first kappa shape index (κ1) is 16.3. The third kappa shape index (κ3) is 2.97. The molecule has 2 aliphatic rings. The average Bonchev–Trinajstić information content (AvgIpc) is 2.53. The fraction of sp³-hybridized carbons (Fsp3) is 0.562. The molecule has 2 aromatic rings. The Hall–Kier alpha value is -2.16. The molecule has 1 saturated heterocycles. The first-order valence-electron chi connectivity index (χ1n) is 8.25. The normalized spacial score (nSPS) is 26.6. The van der Waals surface area contributed by atoms with Crippen molar-refractivity contribution in [1.82, 2.24) is 15.0 Å². The summed E-state index contributed by atoms with van der Waals surface area (Å²) in [5.41, 5.74) is 4.56. The van der Waals surface area contributed by atoms with Gasteiger partial charge in [0.25, 0.3) is 0 Å². The van der Waals surface area contributed by atoms with Gasteiger partial charge in [-0.3, -0.25) is 0 Å². The van der Waals surface area contributed by atoms with Crippen LogP contribution in [0.3, 0.4) is 0 Å². The Morgan fingerprint density at radius 3 is 2.48 bits per heavy atom. The Morgan fingerprint density at radius 1 is 1.16 bits per heavy atom. The molecule has 0 radical (unpaired) electrons. The summed E-state index contributed by atoms with van der Waals surface area (Å²) in [6.07, 6.45) is 2.20. The van der Waals surface area contributed by atoms with Crippen LogP contribution in [0.2, 0.25) is 0 Å². The molecule has 1 aliphatic heterocycles. The second-order valence-electron chi connectivity index (χ2n) is 6.71. The molecule has 9 heteroatoms. The van der Waals surface area contributed by atoms with E-state index < -0.39 is 11.7 Å². The van der Waals surface area contributed by atoms with Gasteiger partial charge in [-0.05, 0) is 32.1 Å². The van der Waals surface area contributed by atoms with Crippen LogP contribution in [0.1, 0.15) is 37.7 Å². The number of hydrogen-bond acceptors (Lipinski definition) is 6. The second-order valence-corrected chi connectivity index (χ2v) is 6.71. The summed E-state index contributed by atoms with van der Waals surface area (Å²) in [6, 6.07) is 0.126. The largest absolute Gasteiger partial charge is 0.419 e. The van der Waals surface area contributed by atoms with Crippen molar-refractivity contribution in [2.75, 3.05) is 17.7 Å². The highest BCUT2D eigenvalue weighted by Gasteiger charge is 2.41. The van der Waals surface area contributed by atoms with Crippen LogP contribution < -0.4 is 11.1 Å². The Balaban J connectivity index is 1.58. The van der Waals surface area contributed by atoms with Crippen molar-refractivity contribution in [2.45, 2.75) is 49.9 Å². The lowest BCUT2D eigenvalue weighted by atomic mass is 9.77. The van der Waals surface area contributed by atoms with Crippen LogP contribution in [0.15, 0.2) is 12.4 Å². The van der Waals surface area contributed by atoms with E-state index in [0.717, 1.165) is 38.7 Å². The second kappa shape index (κ2) is 5.69. The Bertz CT molecular complexity index is 796. The monoisotopic (exact) mass is 353 g/mol. The zero-order valence-corrected chi connectivity index (χ0v) is 13.4. The van der Waals surface area contributed by atoms with Crippen LogP contribution in [0.4, 0.5) is 24.9 Å². The fourth-order valence-corrected chi connectivity index (χ4v) is 3.57. The number of nitrogens with two attached hydrogens (primary N) is 1. The van der Waals surface area contributed by atoms with E-state index in [2.05, 4.69) is 20.3 Å². The zero-order chi connectivity index (χ0) is 17.7. The summed E-state index contributed by atoms with van der Waals surface area (Å²) in [4.78, 5) is 11.8. The molecule has 0 atom stereocenters. The van der Waals surface area contributed by atoms with Gasteiger partial charge in [0.05, 0.1) is 23.1 Å². The van der Waals surface area contributed by atoms with Crippen molar-refractivity contribution >= 4 is 22.7 Å². The number of nitrogens with zero attached hydrogens (tertiary/aromatic N) is 3. The van der Waals surface area contributed by atoms with E-state index >= 15 is 0 Å². The van der Waals surface area contributed by atoms with Gasteiger partial charge < -0.3 is 15.8 Å². The standard InChI is InChI=1S/C16H18F3N5O/c17-16(18,19)11-8-21-13(20)10-7-22-14(24-12(10)11)23-9-1-3-15(4-2-9)5-6-25-15/h7-9H,1-6H2,(H2,20,21)(H,22,23,24)/t9-,15-. The third-order valence-electron chi connectivity index (χ3n) is 5.15. The molecular formula is C16H18F3N5O. The van der Waals surface area contributed by atoms with E-state index in [9.17, 15) is 13.2 Å². The lowest BCUT2D eigenvalue weighted by Crippen LogP contribution is -2.48. The van der Waals surface area contributed by atoms with Crippen LogP contribution in [-0.4, -0.2) is 33.2 Å². The van der Waals surface area contributed by atoms with Gasteiger partial charge in [-0.25, -0.2) is 15.0 Å². The molecule has 6 nitrogen and oxygen atoms in total.